The second-order valence-corrected chi connectivity index (χ2v) is 3.91. The quantitative estimate of drug-likeness (QED) is 0.517. The van der Waals surface area contributed by atoms with Gasteiger partial charge >= 0.3 is 0 Å². The van der Waals surface area contributed by atoms with Gasteiger partial charge in [0, 0.05) is 30.3 Å². The third-order valence-corrected chi connectivity index (χ3v) is 3.12. The molecule has 0 aromatic carbocycles. The van der Waals surface area contributed by atoms with E-state index in [4.69, 9.17) is 0 Å². The standard InChI is InChI=1S/C11H16N2/c1-8-10-6-4-5-7-11(10)9(2)13(3)12-8/h4-5,10-11H,2,6-7H2,1,3H3. The first-order valence-electron chi connectivity index (χ1n) is 4.82. The van der Waals surface area contributed by atoms with Gasteiger partial charge in [0.15, 0.2) is 0 Å². The molecule has 2 aliphatic rings. The van der Waals surface area contributed by atoms with Crippen molar-refractivity contribution in [1.82, 2.24) is 5.01 Å². The van der Waals surface area contributed by atoms with Crippen LogP contribution in [0.15, 0.2) is 29.5 Å². The van der Waals surface area contributed by atoms with Crippen LogP contribution >= 0.6 is 0 Å². The number of fused-ring (bicyclic) bond motifs is 1. The van der Waals surface area contributed by atoms with E-state index in [1.54, 1.807) is 0 Å². The molecule has 0 bridgehead atoms. The summed E-state index contributed by atoms with van der Waals surface area (Å²) in [4.78, 5) is 0. The van der Waals surface area contributed by atoms with Gasteiger partial charge in [0.25, 0.3) is 0 Å². The molecule has 13 heavy (non-hydrogen) atoms. The fraction of sp³-hybridized carbons (Fsp3) is 0.545. The maximum atomic E-state index is 4.46. The zero-order valence-corrected chi connectivity index (χ0v) is 8.33. The van der Waals surface area contributed by atoms with Crippen LogP contribution in [0.4, 0.5) is 0 Å². The molecule has 1 aliphatic carbocycles. The van der Waals surface area contributed by atoms with Crippen molar-refractivity contribution < 1.29 is 0 Å². The van der Waals surface area contributed by atoms with Gasteiger partial charge < -0.3 is 0 Å². The molecule has 0 spiro atoms. The predicted octanol–water partition coefficient (Wildman–Crippen LogP) is 2.40. The van der Waals surface area contributed by atoms with E-state index < -0.39 is 0 Å². The highest BCUT2D eigenvalue weighted by atomic mass is 15.5. The third-order valence-electron chi connectivity index (χ3n) is 3.12. The van der Waals surface area contributed by atoms with E-state index in [9.17, 15) is 0 Å². The van der Waals surface area contributed by atoms with Crippen LogP contribution in [0.5, 0.6) is 0 Å². The molecule has 2 rings (SSSR count). The Morgan fingerprint density at radius 3 is 2.69 bits per heavy atom. The minimum atomic E-state index is 0.590. The predicted molar refractivity (Wildman–Crippen MR) is 55.4 cm³/mol. The summed E-state index contributed by atoms with van der Waals surface area (Å²) < 4.78 is 0. The smallest absolute Gasteiger partial charge is 0.0394 e. The van der Waals surface area contributed by atoms with Gasteiger partial charge in [-0.3, -0.25) is 5.01 Å². The van der Waals surface area contributed by atoms with Crippen LogP contribution in [-0.2, 0) is 0 Å². The fourth-order valence-corrected chi connectivity index (χ4v) is 2.26. The van der Waals surface area contributed by atoms with Gasteiger partial charge in [-0.2, -0.15) is 5.10 Å². The van der Waals surface area contributed by atoms with E-state index in [0.717, 1.165) is 12.8 Å². The average molecular weight is 176 g/mol. The Labute approximate surface area is 79.6 Å². The number of nitrogens with zero attached hydrogens (tertiary/aromatic N) is 2. The number of hydrazone groups is 1. The average Bonchev–Trinajstić information content (AvgIpc) is 2.15. The van der Waals surface area contributed by atoms with Crippen molar-refractivity contribution in [1.29, 1.82) is 0 Å². The molecule has 0 amide bonds. The van der Waals surface area contributed by atoms with Gasteiger partial charge in [0.1, 0.15) is 0 Å². The summed E-state index contributed by atoms with van der Waals surface area (Å²) in [7, 11) is 1.99. The Morgan fingerprint density at radius 2 is 2.00 bits per heavy atom. The lowest BCUT2D eigenvalue weighted by atomic mass is 9.78. The molecule has 0 saturated heterocycles. The maximum absolute atomic E-state index is 4.46. The van der Waals surface area contributed by atoms with Crippen LogP contribution in [0.2, 0.25) is 0 Å². The topological polar surface area (TPSA) is 15.6 Å². The Kier molecular flexibility index (Phi) is 1.98. The highest BCUT2D eigenvalue weighted by molar-refractivity contribution is 5.86. The van der Waals surface area contributed by atoms with Gasteiger partial charge in [-0.1, -0.05) is 18.7 Å². The van der Waals surface area contributed by atoms with E-state index in [1.807, 2.05) is 12.1 Å². The van der Waals surface area contributed by atoms with E-state index in [2.05, 4.69) is 30.8 Å². The Hall–Kier alpha value is -1.05. The molecular weight excluding hydrogens is 160 g/mol. The number of hydrogen-bond acceptors (Lipinski definition) is 2. The lowest BCUT2D eigenvalue weighted by Crippen LogP contribution is -2.35. The minimum absolute atomic E-state index is 0.590. The first-order valence-corrected chi connectivity index (χ1v) is 4.82. The van der Waals surface area contributed by atoms with Gasteiger partial charge in [-0.05, 0) is 19.8 Å². The molecule has 0 aromatic heterocycles. The van der Waals surface area contributed by atoms with Gasteiger partial charge in [0.05, 0.1) is 0 Å². The number of allylic oxidation sites excluding steroid dienone is 3. The Balaban J connectivity index is 2.33. The second-order valence-electron chi connectivity index (χ2n) is 3.91. The van der Waals surface area contributed by atoms with Gasteiger partial charge in [-0.15, -0.1) is 0 Å². The minimum Gasteiger partial charge on any atom is -0.273 e. The summed E-state index contributed by atoms with van der Waals surface area (Å²) in [5.41, 5.74) is 2.42. The maximum Gasteiger partial charge on any atom is 0.0394 e. The first-order chi connectivity index (χ1) is 6.20. The zero-order valence-electron chi connectivity index (χ0n) is 8.33. The van der Waals surface area contributed by atoms with Crippen molar-refractivity contribution in [3.63, 3.8) is 0 Å². The SMILES string of the molecule is C=C1C2CC=CCC2C(C)=NN1C. The summed E-state index contributed by atoms with van der Waals surface area (Å²) in [6.07, 6.45) is 6.78. The van der Waals surface area contributed by atoms with Crippen molar-refractivity contribution >= 4 is 5.71 Å². The molecule has 0 aromatic rings. The van der Waals surface area contributed by atoms with Crippen molar-refractivity contribution in [2.75, 3.05) is 7.05 Å². The van der Waals surface area contributed by atoms with E-state index in [0.29, 0.717) is 11.8 Å². The molecule has 1 aliphatic heterocycles. The van der Waals surface area contributed by atoms with Gasteiger partial charge in [-0.25, -0.2) is 0 Å². The zero-order chi connectivity index (χ0) is 9.42. The van der Waals surface area contributed by atoms with Crippen molar-refractivity contribution in [3.8, 4) is 0 Å². The molecule has 0 N–H and O–H groups in total. The molecule has 0 fully saturated rings. The fourth-order valence-electron chi connectivity index (χ4n) is 2.26. The number of hydrogen-bond donors (Lipinski definition) is 0. The summed E-state index contributed by atoms with van der Waals surface area (Å²) in [5, 5.41) is 6.39. The summed E-state index contributed by atoms with van der Waals surface area (Å²) in [5.74, 6) is 1.20. The lowest BCUT2D eigenvalue weighted by molar-refractivity contribution is 0.301. The Morgan fingerprint density at radius 1 is 1.38 bits per heavy atom. The molecule has 0 radical (unpaired) electrons. The largest absolute Gasteiger partial charge is 0.273 e. The normalized spacial score (nSPS) is 32.9. The second kappa shape index (κ2) is 3.02. The molecular formula is C11H16N2. The lowest BCUT2D eigenvalue weighted by Gasteiger charge is -2.37. The van der Waals surface area contributed by atoms with Crippen LogP contribution in [-0.4, -0.2) is 17.8 Å². The molecule has 2 atom stereocenters. The van der Waals surface area contributed by atoms with E-state index >= 15 is 0 Å². The molecule has 0 saturated carbocycles. The van der Waals surface area contributed by atoms with Crippen molar-refractivity contribution in [2.45, 2.75) is 19.8 Å². The van der Waals surface area contributed by atoms with Crippen LogP contribution in [0, 0.1) is 11.8 Å². The Bertz CT molecular complexity index is 288. The van der Waals surface area contributed by atoms with Crippen LogP contribution in [0.3, 0.4) is 0 Å². The number of rotatable bonds is 0. The molecule has 2 unspecified atom stereocenters. The highest BCUT2D eigenvalue weighted by Crippen LogP contribution is 2.36. The monoisotopic (exact) mass is 176 g/mol. The van der Waals surface area contributed by atoms with E-state index in [-0.39, 0.29) is 0 Å². The molecule has 2 heteroatoms. The van der Waals surface area contributed by atoms with Crippen LogP contribution in [0.25, 0.3) is 0 Å². The summed E-state index contributed by atoms with van der Waals surface area (Å²) in [6, 6.07) is 0. The van der Waals surface area contributed by atoms with Crippen molar-refractivity contribution in [3.05, 3.63) is 24.4 Å². The first kappa shape index (κ1) is 8.54. The molecule has 1 heterocycles. The van der Waals surface area contributed by atoms with Crippen molar-refractivity contribution in [2.24, 2.45) is 16.9 Å². The molecule has 2 nitrogen and oxygen atoms in total. The third kappa shape index (κ3) is 1.30. The summed E-state index contributed by atoms with van der Waals surface area (Å²) in [6.45, 7) is 6.22. The van der Waals surface area contributed by atoms with Crippen LogP contribution < -0.4 is 0 Å². The highest BCUT2D eigenvalue weighted by Gasteiger charge is 2.32. The van der Waals surface area contributed by atoms with Gasteiger partial charge in [0.2, 0.25) is 0 Å². The van der Waals surface area contributed by atoms with E-state index in [1.165, 1.54) is 11.4 Å². The summed E-state index contributed by atoms with van der Waals surface area (Å²) >= 11 is 0. The van der Waals surface area contributed by atoms with Crippen LogP contribution in [0.1, 0.15) is 19.8 Å². The molecule has 70 valence electrons.